The fraction of sp³-hybridized carbons (Fsp3) is 0.308. The fourth-order valence-corrected chi connectivity index (χ4v) is 2.13. The van der Waals surface area contributed by atoms with Gasteiger partial charge in [0, 0.05) is 18.4 Å². The number of hydrogen-bond donors (Lipinski definition) is 1. The van der Waals surface area contributed by atoms with Crippen LogP contribution in [0.15, 0.2) is 22.8 Å². The summed E-state index contributed by atoms with van der Waals surface area (Å²) in [5, 5.41) is 3.24. The van der Waals surface area contributed by atoms with Crippen molar-refractivity contribution in [3.63, 3.8) is 0 Å². The molecule has 0 fully saturated rings. The van der Waals surface area contributed by atoms with Crippen LogP contribution in [0.3, 0.4) is 0 Å². The Bertz CT molecular complexity index is 578. The lowest BCUT2D eigenvalue weighted by Crippen LogP contribution is -2.03. The number of benzene rings is 1. The number of rotatable bonds is 3. The highest BCUT2D eigenvalue weighted by molar-refractivity contribution is 9.10. The van der Waals surface area contributed by atoms with Crippen LogP contribution in [0.2, 0.25) is 0 Å². The minimum absolute atomic E-state index is 0.256. The smallest absolute Gasteiger partial charge is 0.207 e. The summed E-state index contributed by atoms with van der Waals surface area (Å²) in [5.41, 5.74) is 2.65. The second-order valence-electron chi connectivity index (χ2n) is 4.20. The molecule has 1 heterocycles. The number of hydrogen-bond acceptors (Lipinski definition) is 2. The van der Waals surface area contributed by atoms with Crippen molar-refractivity contribution >= 4 is 27.6 Å². The van der Waals surface area contributed by atoms with Gasteiger partial charge in [-0.2, -0.15) is 0 Å². The number of nitrogens with zero attached hydrogens (tertiary/aromatic N) is 2. The van der Waals surface area contributed by atoms with Gasteiger partial charge in [0.05, 0.1) is 10.2 Å². The molecule has 0 aliphatic carbocycles. The van der Waals surface area contributed by atoms with E-state index in [0.717, 1.165) is 29.4 Å². The van der Waals surface area contributed by atoms with Gasteiger partial charge >= 0.3 is 0 Å². The second-order valence-corrected chi connectivity index (χ2v) is 5.05. The maximum atomic E-state index is 13.4. The highest BCUT2D eigenvalue weighted by Gasteiger charge is 2.09. The summed E-state index contributed by atoms with van der Waals surface area (Å²) in [7, 11) is 0. The Morgan fingerprint density at radius 2 is 2.11 bits per heavy atom. The number of halogens is 2. The molecule has 5 heteroatoms. The molecule has 0 atom stereocenters. The van der Waals surface area contributed by atoms with E-state index in [1.54, 1.807) is 6.07 Å². The zero-order chi connectivity index (χ0) is 13.3. The van der Waals surface area contributed by atoms with Gasteiger partial charge in [-0.25, -0.2) is 9.37 Å². The first-order valence-electron chi connectivity index (χ1n) is 5.77. The highest BCUT2D eigenvalue weighted by Crippen LogP contribution is 2.26. The SMILES string of the molecule is CCn1cc(C)nc1Nc1cc(Br)c(F)cc1C. The summed E-state index contributed by atoms with van der Waals surface area (Å²) in [6.07, 6.45) is 1.98. The lowest BCUT2D eigenvalue weighted by Gasteiger charge is -2.11. The van der Waals surface area contributed by atoms with E-state index >= 15 is 0 Å². The van der Waals surface area contributed by atoms with Crippen LogP contribution in [-0.2, 0) is 6.54 Å². The molecule has 1 aromatic carbocycles. The summed E-state index contributed by atoms with van der Waals surface area (Å²) in [5.74, 6) is 0.518. The Morgan fingerprint density at radius 1 is 1.39 bits per heavy atom. The van der Waals surface area contributed by atoms with Crippen molar-refractivity contribution in [2.24, 2.45) is 0 Å². The predicted molar refractivity (Wildman–Crippen MR) is 74.8 cm³/mol. The van der Waals surface area contributed by atoms with Crippen molar-refractivity contribution in [1.82, 2.24) is 9.55 Å². The maximum absolute atomic E-state index is 13.4. The van der Waals surface area contributed by atoms with Crippen LogP contribution in [0.1, 0.15) is 18.2 Å². The van der Waals surface area contributed by atoms with Gasteiger partial charge in [0.15, 0.2) is 0 Å². The van der Waals surface area contributed by atoms with E-state index in [2.05, 4.69) is 33.2 Å². The van der Waals surface area contributed by atoms with Crippen LogP contribution in [0.5, 0.6) is 0 Å². The summed E-state index contributed by atoms with van der Waals surface area (Å²) < 4.78 is 15.8. The minimum Gasteiger partial charge on any atom is -0.325 e. The topological polar surface area (TPSA) is 29.9 Å². The lowest BCUT2D eigenvalue weighted by atomic mass is 10.2. The Balaban J connectivity index is 2.36. The van der Waals surface area contributed by atoms with E-state index in [1.165, 1.54) is 6.07 Å². The largest absolute Gasteiger partial charge is 0.325 e. The van der Waals surface area contributed by atoms with Crippen LogP contribution < -0.4 is 5.32 Å². The quantitative estimate of drug-likeness (QED) is 0.922. The van der Waals surface area contributed by atoms with Gasteiger partial charge in [0.25, 0.3) is 0 Å². The normalized spacial score (nSPS) is 10.7. The molecular weight excluding hydrogens is 297 g/mol. The molecule has 2 aromatic rings. The minimum atomic E-state index is -0.256. The Kier molecular flexibility index (Phi) is 3.71. The van der Waals surface area contributed by atoms with E-state index in [9.17, 15) is 4.39 Å². The zero-order valence-corrected chi connectivity index (χ0v) is 12.2. The fourth-order valence-electron chi connectivity index (χ4n) is 1.79. The molecule has 0 unspecified atom stereocenters. The molecule has 0 saturated heterocycles. The molecule has 2 rings (SSSR count). The van der Waals surface area contributed by atoms with Crippen LogP contribution >= 0.6 is 15.9 Å². The number of aryl methyl sites for hydroxylation is 3. The third kappa shape index (κ3) is 2.56. The molecule has 1 N–H and O–H groups in total. The van der Waals surface area contributed by atoms with Crippen LogP contribution in [0.4, 0.5) is 16.0 Å². The number of anilines is 2. The molecule has 0 amide bonds. The molecule has 0 saturated carbocycles. The van der Waals surface area contributed by atoms with Gasteiger partial charge < -0.3 is 9.88 Å². The standard InChI is InChI=1S/C13H15BrFN3/c1-4-18-7-9(3)16-13(18)17-12-6-10(14)11(15)5-8(12)2/h5-7H,4H2,1-3H3,(H,16,17). The number of nitrogens with one attached hydrogen (secondary N) is 1. The maximum Gasteiger partial charge on any atom is 0.207 e. The first-order valence-corrected chi connectivity index (χ1v) is 6.57. The third-order valence-electron chi connectivity index (χ3n) is 2.75. The van der Waals surface area contributed by atoms with E-state index in [-0.39, 0.29) is 5.82 Å². The van der Waals surface area contributed by atoms with Gasteiger partial charge in [-0.05, 0) is 54.4 Å². The van der Waals surface area contributed by atoms with E-state index in [0.29, 0.717) is 4.47 Å². The Morgan fingerprint density at radius 3 is 2.78 bits per heavy atom. The molecule has 0 spiro atoms. The molecule has 18 heavy (non-hydrogen) atoms. The van der Waals surface area contributed by atoms with Crippen molar-refractivity contribution in [3.8, 4) is 0 Å². The van der Waals surface area contributed by atoms with Crippen LogP contribution in [0, 0.1) is 19.7 Å². The monoisotopic (exact) mass is 311 g/mol. The molecule has 1 aromatic heterocycles. The molecule has 0 radical (unpaired) electrons. The summed E-state index contributed by atoms with van der Waals surface area (Å²) in [6, 6.07) is 3.23. The third-order valence-corrected chi connectivity index (χ3v) is 3.36. The average Bonchev–Trinajstić information content (AvgIpc) is 2.66. The molecular formula is C13H15BrFN3. The molecule has 0 aliphatic heterocycles. The Hall–Kier alpha value is -1.36. The van der Waals surface area contributed by atoms with Gasteiger partial charge in [-0.15, -0.1) is 0 Å². The predicted octanol–water partition coefficient (Wildman–Crippen LogP) is 4.17. The Labute approximate surface area is 114 Å². The highest BCUT2D eigenvalue weighted by atomic mass is 79.9. The van der Waals surface area contributed by atoms with Gasteiger partial charge in [-0.3, -0.25) is 0 Å². The lowest BCUT2D eigenvalue weighted by molar-refractivity contribution is 0.620. The van der Waals surface area contributed by atoms with Gasteiger partial charge in [-0.1, -0.05) is 0 Å². The van der Waals surface area contributed by atoms with E-state index < -0.39 is 0 Å². The van der Waals surface area contributed by atoms with Gasteiger partial charge in [0.1, 0.15) is 5.82 Å². The van der Waals surface area contributed by atoms with Crippen molar-refractivity contribution in [2.45, 2.75) is 27.3 Å². The van der Waals surface area contributed by atoms with Crippen molar-refractivity contribution in [1.29, 1.82) is 0 Å². The molecule has 3 nitrogen and oxygen atoms in total. The average molecular weight is 312 g/mol. The first-order chi connectivity index (χ1) is 8.51. The van der Waals surface area contributed by atoms with Crippen LogP contribution in [-0.4, -0.2) is 9.55 Å². The van der Waals surface area contributed by atoms with Gasteiger partial charge in [0.2, 0.25) is 5.95 Å². The van der Waals surface area contributed by atoms with Crippen molar-refractivity contribution in [3.05, 3.63) is 39.9 Å². The zero-order valence-electron chi connectivity index (χ0n) is 10.6. The van der Waals surface area contributed by atoms with E-state index in [4.69, 9.17) is 0 Å². The second kappa shape index (κ2) is 5.10. The van der Waals surface area contributed by atoms with E-state index in [1.807, 2.05) is 24.6 Å². The number of imidazole rings is 1. The molecule has 96 valence electrons. The molecule has 0 bridgehead atoms. The summed E-state index contributed by atoms with van der Waals surface area (Å²) in [6.45, 7) is 6.71. The van der Waals surface area contributed by atoms with Crippen molar-refractivity contribution < 1.29 is 4.39 Å². The van der Waals surface area contributed by atoms with Crippen LogP contribution in [0.25, 0.3) is 0 Å². The summed E-state index contributed by atoms with van der Waals surface area (Å²) >= 11 is 3.19. The first kappa shape index (κ1) is 13.1. The number of aromatic nitrogens is 2. The van der Waals surface area contributed by atoms with Crippen molar-refractivity contribution in [2.75, 3.05) is 5.32 Å². The molecule has 0 aliphatic rings. The summed E-state index contributed by atoms with van der Waals surface area (Å²) in [4.78, 5) is 4.41.